The van der Waals surface area contributed by atoms with Crippen LogP contribution in [-0.4, -0.2) is 83.9 Å². The van der Waals surface area contributed by atoms with Crippen LogP contribution in [0.15, 0.2) is 0 Å². The highest BCUT2D eigenvalue weighted by Gasteiger charge is 2.27. The number of thiazole rings is 1. The van der Waals surface area contributed by atoms with Crippen molar-refractivity contribution in [2.45, 2.75) is 40.5 Å². The molecule has 162 valence electrons. The van der Waals surface area contributed by atoms with Crippen LogP contribution in [0.25, 0.3) is 0 Å². The fourth-order valence-corrected chi connectivity index (χ4v) is 5.35. The summed E-state index contributed by atoms with van der Waals surface area (Å²) in [5.74, 6) is 1.42. The van der Waals surface area contributed by atoms with Crippen molar-refractivity contribution in [2.24, 2.45) is 11.8 Å². The number of nitrogens with zero attached hydrogens (tertiary/aromatic N) is 4. The molecule has 2 atom stereocenters. The number of rotatable bonds is 6. The van der Waals surface area contributed by atoms with E-state index in [1.54, 1.807) is 0 Å². The third kappa shape index (κ3) is 6.23. The fraction of sp³-hybridized carbons (Fsp3) is 0.762. The standard InChI is InChI=1S/C21H35N5O2S/c1-5-18-17(4)29-21(22-18)23-19(27)13-24-6-8-25(9-7-24)14-20(28)26-11-15(2)10-16(3)12-26/h15-16H,5-14H2,1-4H3,(H,22,23,27). The molecule has 8 heteroatoms. The largest absolute Gasteiger partial charge is 0.341 e. The van der Waals surface area contributed by atoms with Gasteiger partial charge in [-0.1, -0.05) is 20.8 Å². The smallest absolute Gasteiger partial charge is 0.240 e. The van der Waals surface area contributed by atoms with Crippen molar-refractivity contribution in [3.63, 3.8) is 0 Å². The van der Waals surface area contributed by atoms with Crippen molar-refractivity contribution in [3.8, 4) is 0 Å². The predicted octanol–water partition coefficient (Wildman–Crippen LogP) is 2.07. The summed E-state index contributed by atoms with van der Waals surface area (Å²) in [6, 6.07) is 0. The average molecular weight is 422 g/mol. The molecular formula is C21H35N5O2S. The van der Waals surface area contributed by atoms with E-state index in [0.29, 0.717) is 30.1 Å². The van der Waals surface area contributed by atoms with Crippen LogP contribution in [0.2, 0.25) is 0 Å². The van der Waals surface area contributed by atoms with Gasteiger partial charge >= 0.3 is 0 Å². The quantitative estimate of drug-likeness (QED) is 0.762. The number of aromatic nitrogens is 1. The number of hydrogen-bond acceptors (Lipinski definition) is 6. The van der Waals surface area contributed by atoms with Gasteiger partial charge in [0.15, 0.2) is 5.13 Å². The number of amides is 2. The highest BCUT2D eigenvalue weighted by Crippen LogP contribution is 2.23. The van der Waals surface area contributed by atoms with Crippen LogP contribution in [-0.2, 0) is 16.0 Å². The lowest BCUT2D eigenvalue weighted by molar-refractivity contribution is -0.135. The Morgan fingerprint density at radius 1 is 1.07 bits per heavy atom. The topological polar surface area (TPSA) is 68.8 Å². The Morgan fingerprint density at radius 2 is 1.66 bits per heavy atom. The van der Waals surface area contributed by atoms with Gasteiger partial charge in [0.2, 0.25) is 11.8 Å². The summed E-state index contributed by atoms with van der Waals surface area (Å²) in [5.41, 5.74) is 1.06. The van der Waals surface area contributed by atoms with Crippen LogP contribution >= 0.6 is 11.3 Å². The summed E-state index contributed by atoms with van der Waals surface area (Å²) in [4.78, 5) is 37.1. The SMILES string of the molecule is CCc1nc(NC(=O)CN2CCN(CC(=O)N3CC(C)CC(C)C3)CC2)sc1C. The third-order valence-corrected chi connectivity index (χ3v) is 6.81. The number of carbonyl (C=O) groups is 2. The highest BCUT2D eigenvalue weighted by atomic mass is 32.1. The number of piperidine rings is 1. The van der Waals surface area contributed by atoms with Crippen molar-refractivity contribution in [1.29, 1.82) is 0 Å². The zero-order valence-corrected chi connectivity index (χ0v) is 19.1. The number of likely N-dealkylation sites (tertiary alicyclic amines) is 1. The molecular weight excluding hydrogens is 386 g/mol. The number of aryl methyl sites for hydroxylation is 2. The summed E-state index contributed by atoms with van der Waals surface area (Å²) in [6.07, 6.45) is 2.10. The Balaban J connectivity index is 1.39. The molecule has 3 rings (SSSR count). The number of piperazine rings is 1. The lowest BCUT2D eigenvalue weighted by Crippen LogP contribution is -2.52. The molecule has 0 spiro atoms. The first-order chi connectivity index (χ1) is 13.8. The summed E-state index contributed by atoms with van der Waals surface area (Å²) in [5, 5.41) is 3.62. The lowest BCUT2D eigenvalue weighted by atomic mass is 9.92. The Kier molecular flexibility index (Phi) is 7.65. The van der Waals surface area contributed by atoms with Crippen LogP contribution in [0, 0.1) is 18.8 Å². The minimum absolute atomic E-state index is 0.0118. The Bertz CT molecular complexity index is 704. The Morgan fingerprint density at radius 3 is 2.21 bits per heavy atom. The van der Waals surface area contributed by atoms with Gasteiger partial charge < -0.3 is 10.2 Å². The monoisotopic (exact) mass is 421 g/mol. The molecule has 0 aromatic carbocycles. The van der Waals surface area contributed by atoms with Crippen molar-refractivity contribution >= 4 is 28.3 Å². The number of nitrogens with one attached hydrogen (secondary N) is 1. The number of anilines is 1. The fourth-order valence-electron chi connectivity index (χ4n) is 4.43. The Hall–Kier alpha value is -1.51. The van der Waals surface area contributed by atoms with Gasteiger partial charge in [0.25, 0.3) is 0 Å². The zero-order chi connectivity index (χ0) is 21.0. The van der Waals surface area contributed by atoms with E-state index in [-0.39, 0.29) is 11.8 Å². The average Bonchev–Trinajstić information content (AvgIpc) is 3.01. The van der Waals surface area contributed by atoms with Crippen LogP contribution < -0.4 is 5.32 Å². The van der Waals surface area contributed by atoms with Crippen molar-refractivity contribution in [2.75, 3.05) is 57.7 Å². The minimum Gasteiger partial charge on any atom is -0.341 e. The van der Waals surface area contributed by atoms with Crippen LogP contribution in [0.1, 0.15) is 37.8 Å². The molecule has 2 aliphatic heterocycles. The predicted molar refractivity (Wildman–Crippen MR) is 117 cm³/mol. The molecule has 29 heavy (non-hydrogen) atoms. The maximum absolute atomic E-state index is 12.7. The molecule has 2 unspecified atom stereocenters. The second-order valence-corrected chi connectivity index (χ2v) is 9.92. The van der Waals surface area contributed by atoms with Crippen LogP contribution in [0.3, 0.4) is 0 Å². The lowest BCUT2D eigenvalue weighted by Gasteiger charge is -2.38. The van der Waals surface area contributed by atoms with E-state index in [2.05, 4.69) is 40.9 Å². The zero-order valence-electron chi connectivity index (χ0n) is 18.2. The molecule has 0 radical (unpaired) electrons. The summed E-state index contributed by atoms with van der Waals surface area (Å²) < 4.78 is 0. The molecule has 2 amide bonds. The van der Waals surface area contributed by atoms with E-state index < -0.39 is 0 Å². The second kappa shape index (κ2) is 10.00. The van der Waals surface area contributed by atoms with E-state index in [9.17, 15) is 9.59 Å². The van der Waals surface area contributed by atoms with Gasteiger partial charge in [-0.2, -0.15) is 0 Å². The first kappa shape index (κ1) is 22.2. The summed E-state index contributed by atoms with van der Waals surface area (Å²) >= 11 is 1.54. The maximum Gasteiger partial charge on any atom is 0.240 e. The van der Waals surface area contributed by atoms with Gasteiger partial charge in [0.1, 0.15) is 0 Å². The van der Waals surface area contributed by atoms with E-state index in [1.807, 2.05) is 11.8 Å². The van der Waals surface area contributed by atoms with Gasteiger partial charge in [-0.15, -0.1) is 11.3 Å². The first-order valence-electron chi connectivity index (χ1n) is 10.8. The van der Waals surface area contributed by atoms with Crippen molar-refractivity contribution < 1.29 is 9.59 Å². The second-order valence-electron chi connectivity index (χ2n) is 8.72. The summed E-state index contributed by atoms with van der Waals surface area (Å²) in [6.45, 7) is 14.5. The van der Waals surface area contributed by atoms with Crippen molar-refractivity contribution in [3.05, 3.63) is 10.6 Å². The van der Waals surface area contributed by atoms with Gasteiger partial charge in [0.05, 0.1) is 18.8 Å². The van der Waals surface area contributed by atoms with Crippen molar-refractivity contribution in [1.82, 2.24) is 19.7 Å². The molecule has 0 aliphatic carbocycles. The number of carbonyl (C=O) groups excluding carboxylic acids is 2. The first-order valence-corrected chi connectivity index (χ1v) is 11.6. The van der Waals surface area contributed by atoms with E-state index in [1.165, 1.54) is 22.6 Å². The minimum atomic E-state index is -0.0118. The Labute approximate surface area is 178 Å². The van der Waals surface area contributed by atoms with Gasteiger partial charge in [-0.25, -0.2) is 4.98 Å². The van der Waals surface area contributed by atoms with Gasteiger partial charge in [-0.3, -0.25) is 19.4 Å². The molecule has 1 N–H and O–H groups in total. The van der Waals surface area contributed by atoms with Gasteiger partial charge in [-0.05, 0) is 31.6 Å². The molecule has 2 aliphatic rings. The molecule has 1 aromatic rings. The molecule has 2 fully saturated rings. The van der Waals surface area contributed by atoms with Gasteiger partial charge in [0, 0.05) is 44.1 Å². The van der Waals surface area contributed by atoms with Crippen LogP contribution in [0.4, 0.5) is 5.13 Å². The van der Waals surface area contributed by atoms with E-state index >= 15 is 0 Å². The molecule has 1 aromatic heterocycles. The maximum atomic E-state index is 12.7. The molecule has 0 saturated carbocycles. The third-order valence-electron chi connectivity index (χ3n) is 5.89. The highest BCUT2D eigenvalue weighted by molar-refractivity contribution is 7.15. The van der Waals surface area contributed by atoms with Crippen LogP contribution in [0.5, 0.6) is 0 Å². The molecule has 0 bridgehead atoms. The number of hydrogen-bond donors (Lipinski definition) is 1. The molecule has 2 saturated heterocycles. The van der Waals surface area contributed by atoms with E-state index in [4.69, 9.17) is 0 Å². The van der Waals surface area contributed by atoms with E-state index in [0.717, 1.165) is 51.4 Å². The summed E-state index contributed by atoms with van der Waals surface area (Å²) in [7, 11) is 0. The molecule has 3 heterocycles. The normalized spacial score (nSPS) is 23.9. The molecule has 7 nitrogen and oxygen atoms in total.